The van der Waals surface area contributed by atoms with Crippen LogP contribution >= 0.6 is 0 Å². The average Bonchev–Trinajstić information content (AvgIpc) is 2.83. The molecular weight excluding hydrogens is 222 g/mol. The third-order valence-electron chi connectivity index (χ3n) is 3.34. The van der Waals surface area contributed by atoms with E-state index in [9.17, 15) is 0 Å². The van der Waals surface area contributed by atoms with Gasteiger partial charge in [0.25, 0.3) is 0 Å². The average molecular weight is 237 g/mol. The van der Waals surface area contributed by atoms with E-state index in [-0.39, 0.29) is 6.04 Å². The molecular formula is C15H15N3. The maximum Gasteiger partial charge on any atom is 0.122 e. The molecule has 1 atom stereocenters. The number of nitrogens with two attached hydrogens (primary N) is 1. The summed E-state index contributed by atoms with van der Waals surface area (Å²) >= 11 is 0. The number of nitrogen functional groups attached to an aromatic ring is 1. The number of nitrogens with zero attached hydrogens (tertiary/aromatic N) is 2. The molecule has 0 fully saturated rings. The number of aromatic nitrogens is 2. The summed E-state index contributed by atoms with van der Waals surface area (Å²) in [6.45, 7) is 2.12. The molecule has 18 heavy (non-hydrogen) atoms. The lowest BCUT2D eigenvalue weighted by Crippen LogP contribution is -2.11. The minimum absolute atomic E-state index is 0.131. The van der Waals surface area contributed by atoms with E-state index in [4.69, 9.17) is 5.73 Å². The van der Waals surface area contributed by atoms with Crippen molar-refractivity contribution < 1.29 is 0 Å². The second-order valence-electron chi connectivity index (χ2n) is 4.44. The molecule has 0 spiro atoms. The van der Waals surface area contributed by atoms with Gasteiger partial charge in [0.1, 0.15) is 5.82 Å². The fourth-order valence-corrected chi connectivity index (χ4v) is 2.39. The molecule has 3 heteroatoms. The van der Waals surface area contributed by atoms with Crippen molar-refractivity contribution in [3.63, 3.8) is 0 Å². The van der Waals surface area contributed by atoms with Gasteiger partial charge >= 0.3 is 0 Å². The number of hydrogen-bond acceptors (Lipinski definition) is 2. The maximum atomic E-state index is 5.92. The van der Waals surface area contributed by atoms with Gasteiger partial charge in [0.05, 0.1) is 12.2 Å². The number of fused-ring (bicyclic) bond motifs is 1. The Morgan fingerprint density at radius 3 is 2.61 bits per heavy atom. The zero-order chi connectivity index (χ0) is 12.5. The Balaban J connectivity index is 2.18. The molecule has 0 amide bonds. The van der Waals surface area contributed by atoms with Crippen molar-refractivity contribution in [3.8, 4) is 0 Å². The highest BCUT2D eigenvalue weighted by molar-refractivity contribution is 5.86. The Hall–Kier alpha value is -2.29. The number of benzene rings is 2. The van der Waals surface area contributed by atoms with Crippen LogP contribution in [-0.4, -0.2) is 9.78 Å². The summed E-state index contributed by atoms with van der Waals surface area (Å²) < 4.78 is 1.85. The van der Waals surface area contributed by atoms with Gasteiger partial charge in [0.15, 0.2) is 0 Å². The molecule has 3 rings (SSSR count). The van der Waals surface area contributed by atoms with E-state index in [2.05, 4.69) is 54.5 Å². The number of hydrogen-bond donors (Lipinski definition) is 1. The fourth-order valence-electron chi connectivity index (χ4n) is 2.39. The normalized spacial score (nSPS) is 12.7. The molecule has 0 aliphatic heterocycles. The Labute approximate surface area is 106 Å². The van der Waals surface area contributed by atoms with Crippen LogP contribution in [0.25, 0.3) is 10.8 Å². The SMILES string of the molecule is CC(c1cccc2ccccc12)n1nccc1N. The van der Waals surface area contributed by atoms with Gasteiger partial charge in [-0.2, -0.15) is 5.10 Å². The lowest BCUT2D eigenvalue weighted by molar-refractivity contribution is 0.576. The molecule has 90 valence electrons. The Morgan fingerprint density at radius 2 is 1.83 bits per heavy atom. The fraction of sp³-hybridized carbons (Fsp3) is 0.133. The molecule has 1 aromatic heterocycles. The topological polar surface area (TPSA) is 43.8 Å². The van der Waals surface area contributed by atoms with Gasteiger partial charge < -0.3 is 5.73 Å². The molecule has 0 aliphatic rings. The molecule has 0 radical (unpaired) electrons. The van der Waals surface area contributed by atoms with E-state index in [1.165, 1.54) is 16.3 Å². The molecule has 2 aromatic carbocycles. The van der Waals surface area contributed by atoms with Crippen LogP contribution in [0.1, 0.15) is 18.5 Å². The summed E-state index contributed by atoms with van der Waals surface area (Å²) in [4.78, 5) is 0. The summed E-state index contributed by atoms with van der Waals surface area (Å²) in [6.07, 6.45) is 1.73. The largest absolute Gasteiger partial charge is 0.384 e. The first-order valence-corrected chi connectivity index (χ1v) is 6.04. The molecule has 0 saturated carbocycles. The lowest BCUT2D eigenvalue weighted by atomic mass is 10.00. The second-order valence-corrected chi connectivity index (χ2v) is 4.44. The van der Waals surface area contributed by atoms with Crippen molar-refractivity contribution in [3.05, 3.63) is 60.3 Å². The Kier molecular flexibility index (Phi) is 2.52. The highest BCUT2D eigenvalue weighted by atomic mass is 15.3. The van der Waals surface area contributed by atoms with Crippen molar-refractivity contribution in [2.45, 2.75) is 13.0 Å². The first-order valence-electron chi connectivity index (χ1n) is 6.04. The van der Waals surface area contributed by atoms with Crippen LogP contribution in [-0.2, 0) is 0 Å². The summed E-state index contributed by atoms with van der Waals surface area (Å²) in [5, 5.41) is 6.79. The second kappa shape index (κ2) is 4.18. The predicted octanol–water partition coefficient (Wildman–Crippen LogP) is 3.23. The quantitative estimate of drug-likeness (QED) is 0.743. The van der Waals surface area contributed by atoms with E-state index in [0.29, 0.717) is 5.82 Å². The standard InChI is InChI=1S/C15H15N3/c1-11(18-15(16)9-10-17-18)13-8-4-6-12-5-2-3-7-14(12)13/h2-11H,16H2,1H3. The smallest absolute Gasteiger partial charge is 0.122 e. The van der Waals surface area contributed by atoms with Crippen LogP contribution in [0.15, 0.2) is 54.7 Å². The minimum atomic E-state index is 0.131. The Bertz CT molecular complexity index is 680. The summed E-state index contributed by atoms with van der Waals surface area (Å²) in [5.74, 6) is 0.690. The first-order chi connectivity index (χ1) is 8.77. The van der Waals surface area contributed by atoms with Crippen molar-refractivity contribution in [2.75, 3.05) is 5.73 Å². The van der Waals surface area contributed by atoms with Crippen molar-refractivity contribution in [1.82, 2.24) is 9.78 Å². The van der Waals surface area contributed by atoms with Crippen molar-refractivity contribution in [2.24, 2.45) is 0 Å². The zero-order valence-corrected chi connectivity index (χ0v) is 10.2. The maximum absolute atomic E-state index is 5.92. The highest BCUT2D eigenvalue weighted by Crippen LogP contribution is 2.27. The predicted molar refractivity (Wildman–Crippen MR) is 74.4 cm³/mol. The van der Waals surface area contributed by atoms with Crippen LogP contribution in [0, 0.1) is 0 Å². The van der Waals surface area contributed by atoms with Crippen LogP contribution in [0.4, 0.5) is 5.82 Å². The van der Waals surface area contributed by atoms with Crippen molar-refractivity contribution in [1.29, 1.82) is 0 Å². The van der Waals surface area contributed by atoms with Gasteiger partial charge in [-0.25, -0.2) is 4.68 Å². The van der Waals surface area contributed by atoms with Gasteiger partial charge in [-0.3, -0.25) is 0 Å². The van der Waals surface area contributed by atoms with Crippen LogP contribution in [0.5, 0.6) is 0 Å². The van der Waals surface area contributed by atoms with E-state index in [1.807, 2.05) is 10.7 Å². The summed E-state index contributed by atoms with van der Waals surface area (Å²) in [6, 6.07) is 16.7. The number of rotatable bonds is 2. The molecule has 3 nitrogen and oxygen atoms in total. The molecule has 0 bridgehead atoms. The van der Waals surface area contributed by atoms with Crippen LogP contribution in [0.3, 0.4) is 0 Å². The number of anilines is 1. The summed E-state index contributed by atoms with van der Waals surface area (Å²) in [7, 11) is 0. The molecule has 3 aromatic rings. The Morgan fingerprint density at radius 1 is 1.06 bits per heavy atom. The van der Waals surface area contributed by atoms with E-state index < -0.39 is 0 Å². The lowest BCUT2D eigenvalue weighted by Gasteiger charge is -2.16. The van der Waals surface area contributed by atoms with Gasteiger partial charge in [0, 0.05) is 0 Å². The first kappa shape index (κ1) is 10.8. The van der Waals surface area contributed by atoms with Gasteiger partial charge in [-0.15, -0.1) is 0 Å². The molecule has 0 saturated heterocycles. The van der Waals surface area contributed by atoms with Crippen LogP contribution < -0.4 is 5.73 Å². The monoisotopic (exact) mass is 237 g/mol. The van der Waals surface area contributed by atoms with Crippen LogP contribution in [0.2, 0.25) is 0 Å². The van der Waals surface area contributed by atoms with Gasteiger partial charge in [-0.05, 0) is 29.3 Å². The molecule has 1 unspecified atom stereocenters. The van der Waals surface area contributed by atoms with Crippen molar-refractivity contribution >= 4 is 16.6 Å². The molecule has 0 aliphatic carbocycles. The van der Waals surface area contributed by atoms with Gasteiger partial charge in [0.2, 0.25) is 0 Å². The van der Waals surface area contributed by atoms with E-state index in [1.54, 1.807) is 6.20 Å². The third kappa shape index (κ3) is 1.64. The highest BCUT2D eigenvalue weighted by Gasteiger charge is 2.13. The minimum Gasteiger partial charge on any atom is -0.384 e. The van der Waals surface area contributed by atoms with E-state index >= 15 is 0 Å². The van der Waals surface area contributed by atoms with Gasteiger partial charge in [-0.1, -0.05) is 42.5 Å². The zero-order valence-electron chi connectivity index (χ0n) is 10.2. The third-order valence-corrected chi connectivity index (χ3v) is 3.34. The summed E-state index contributed by atoms with van der Waals surface area (Å²) in [5.41, 5.74) is 7.16. The molecule has 2 N–H and O–H groups in total. The molecule has 1 heterocycles. The van der Waals surface area contributed by atoms with E-state index in [0.717, 1.165) is 0 Å².